The molecule has 8 nitrogen and oxygen atoms in total. The van der Waals surface area contributed by atoms with E-state index in [9.17, 15) is 14.4 Å². The quantitative estimate of drug-likeness (QED) is 0.434. The van der Waals surface area contributed by atoms with Crippen molar-refractivity contribution in [2.75, 3.05) is 6.54 Å². The zero-order chi connectivity index (χ0) is 24.0. The maximum absolute atomic E-state index is 13.1. The molecule has 1 amide bonds. The molecule has 33 heavy (non-hydrogen) atoms. The van der Waals surface area contributed by atoms with Crippen LogP contribution in [0.4, 0.5) is 0 Å². The molecule has 1 fully saturated rings. The van der Waals surface area contributed by atoms with Gasteiger partial charge in [0.2, 0.25) is 5.91 Å². The number of rotatable bonds is 14. The molecule has 1 saturated carbocycles. The van der Waals surface area contributed by atoms with Gasteiger partial charge in [0.25, 0.3) is 5.56 Å². The van der Waals surface area contributed by atoms with Gasteiger partial charge in [0, 0.05) is 38.5 Å². The second kappa shape index (κ2) is 11.7. The molecule has 0 atom stereocenters. The van der Waals surface area contributed by atoms with E-state index < -0.39 is 5.69 Å². The lowest BCUT2D eigenvalue weighted by Crippen LogP contribution is -2.34. The standard InChI is InChI=1S/C25H41N5O3/c1-5-7-9-16-29-20(12-13-21(31)28(19-10-11-19)17-14-18(3)4)26-23-22(29)24(32)27-25(33)30(23)15-8-6-2/h18-19H,5-17H2,1-4H3,(H,27,32,33). The summed E-state index contributed by atoms with van der Waals surface area (Å²) >= 11 is 0. The zero-order valence-corrected chi connectivity index (χ0v) is 20.9. The minimum absolute atomic E-state index is 0.169. The van der Waals surface area contributed by atoms with E-state index in [-0.39, 0.29) is 11.5 Å². The molecule has 1 aliphatic carbocycles. The molecule has 0 bridgehead atoms. The Morgan fingerprint density at radius 1 is 1.09 bits per heavy atom. The third-order valence-electron chi connectivity index (χ3n) is 6.50. The second-order valence-corrected chi connectivity index (χ2v) is 9.82. The highest BCUT2D eigenvalue weighted by atomic mass is 16.2. The van der Waals surface area contributed by atoms with Gasteiger partial charge in [-0.1, -0.05) is 47.0 Å². The van der Waals surface area contributed by atoms with Crippen molar-refractivity contribution >= 4 is 17.1 Å². The van der Waals surface area contributed by atoms with Crippen LogP contribution in [0, 0.1) is 5.92 Å². The van der Waals surface area contributed by atoms with Crippen LogP contribution in [0.15, 0.2) is 9.59 Å². The summed E-state index contributed by atoms with van der Waals surface area (Å²) in [6.45, 7) is 10.6. The van der Waals surface area contributed by atoms with E-state index >= 15 is 0 Å². The van der Waals surface area contributed by atoms with Crippen molar-refractivity contribution in [3.63, 3.8) is 0 Å². The van der Waals surface area contributed by atoms with Crippen LogP contribution in [-0.4, -0.2) is 42.5 Å². The summed E-state index contributed by atoms with van der Waals surface area (Å²) < 4.78 is 3.54. The number of hydrogen-bond acceptors (Lipinski definition) is 4. The molecule has 2 aromatic heterocycles. The largest absolute Gasteiger partial charge is 0.340 e. The van der Waals surface area contributed by atoms with Crippen molar-refractivity contribution in [2.45, 2.75) is 111 Å². The summed E-state index contributed by atoms with van der Waals surface area (Å²) in [4.78, 5) is 47.7. The first-order chi connectivity index (χ1) is 15.9. The lowest BCUT2D eigenvalue weighted by molar-refractivity contribution is -0.131. The lowest BCUT2D eigenvalue weighted by Gasteiger charge is -2.23. The smallest absolute Gasteiger partial charge is 0.330 e. The third kappa shape index (κ3) is 6.36. The Kier molecular flexibility index (Phi) is 8.92. The van der Waals surface area contributed by atoms with Gasteiger partial charge in [-0.25, -0.2) is 9.78 Å². The van der Waals surface area contributed by atoms with Gasteiger partial charge in [0.1, 0.15) is 5.82 Å². The van der Waals surface area contributed by atoms with Crippen molar-refractivity contribution in [3.05, 3.63) is 26.7 Å². The SMILES string of the molecule is CCCCCn1c(CCC(=O)N(CCC(C)C)C2CC2)nc2c1c(=O)[nH]c(=O)n2CCCC. The van der Waals surface area contributed by atoms with Gasteiger partial charge in [0.15, 0.2) is 11.2 Å². The summed E-state index contributed by atoms with van der Waals surface area (Å²) in [5.74, 6) is 1.46. The van der Waals surface area contributed by atoms with Crippen molar-refractivity contribution in [2.24, 2.45) is 5.92 Å². The Morgan fingerprint density at radius 2 is 1.79 bits per heavy atom. The number of nitrogens with zero attached hydrogens (tertiary/aromatic N) is 4. The maximum Gasteiger partial charge on any atom is 0.330 e. The highest BCUT2D eigenvalue weighted by Crippen LogP contribution is 2.28. The fourth-order valence-electron chi connectivity index (χ4n) is 4.35. The Hall–Kier alpha value is -2.38. The predicted molar refractivity (Wildman–Crippen MR) is 132 cm³/mol. The van der Waals surface area contributed by atoms with Gasteiger partial charge in [-0.15, -0.1) is 0 Å². The molecule has 3 rings (SSSR count). The number of nitrogens with one attached hydrogen (secondary N) is 1. The molecular weight excluding hydrogens is 418 g/mol. The molecule has 0 aromatic carbocycles. The zero-order valence-electron chi connectivity index (χ0n) is 20.9. The van der Waals surface area contributed by atoms with Crippen LogP contribution < -0.4 is 11.2 Å². The number of carbonyl (C=O) groups excluding carboxylic acids is 1. The van der Waals surface area contributed by atoms with Crippen molar-refractivity contribution in [1.29, 1.82) is 0 Å². The van der Waals surface area contributed by atoms with Gasteiger partial charge in [-0.05, 0) is 38.0 Å². The molecule has 0 unspecified atom stereocenters. The number of unbranched alkanes of at least 4 members (excludes halogenated alkanes) is 3. The van der Waals surface area contributed by atoms with Gasteiger partial charge >= 0.3 is 5.69 Å². The number of amides is 1. The van der Waals surface area contributed by atoms with Crippen LogP contribution in [0.5, 0.6) is 0 Å². The molecule has 0 aliphatic heterocycles. The molecule has 0 saturated heterocycles. The molecule has 2 heterocycles. The molecular formula is C25H41N5O3. The normalized spacial score (nSPS) is 13.8. The first kappa shape index (κ1) is 25.2. The fraction of sp³-hybridized carbons (Fsp3) is 0.760. The number of carbonyl (C=O) groups is 1. The Bertz CT molecular complexity index is 1040. The molecule has 8 heteroatoms. The maximum atomic E-state index is 13.1. The van der Waals surface area contributed by atoms with E-state index in [0.717, 1.165) is 63.7 Å². The molecule has 0 spiro atoms. The molecule has 0 radical (unpaired) electrons. The molecule has 2 aromatic rings. The minimum Gasteiger partial charge on any atom is -0.340 e. The van der Waals surface area contributed by atoms with E-state index in [1.807, 2.05) is 9.47 Å². The Morgan fingerprint density at radius 3 is 2.42 bits per heavy atom. The fourth-order valence-corrected chi connectivity index (χ4v) is 4.35. The third-order valence-corrected chi connectivity index (χ3v) is 6.50. The van der Waals surface area contributed by atoms with Crippen molar-refractivity contribution in [3.8, 4) is 0 Å². The number of imidazole rings is 1. The van der Waals surface area contributed by atoms with Gasteiger partial charge in [-0.3, -0.25) is 19.1 Å². The number of aromatic amines is 1. The number of H-pyrrole nitrogens is 1. The van der Waals surface area contributed by atoms with E-state index in [4.69, 9.17) is 4.98 Å². The van der Waals surface area contributed by atoms with Crippen LogP contribution in [0.2, 0.25) is 0 Å². The molecule has 184 valence electrons. The highest BCUT2D eigenvalue weighted by molar-refractivity contribution is 5.77. The Labute approximate surface area is 196 Å². The number of aromatic nitrogens is 4. The van der Waals surface area contributed by atoms with E-state index in [0.29, 0.717) is 49.1 Å². The van der Waals surface area contributed by atoms with Crippen molar-refractivity contribution < 1.29 is 4.79 Å². The van der Waals surface area contributed by atoms with E-state index in [1.54, 1.807) is 4.57 Å². The van der Waals surface area contributed by atoms with E-state index in [2.05, 4.69) is 32.7 Å². The number of hydrogen-bond donors (Lipinski definition) is 1. The van der Waals surface area contributed by atoms with Crippen LogP contribution in [0.3, 0.4) is 0 Å². The average molecular weight is 460 g/mol. The van der Waals surface area contributed by atoms with Crippen molar-refractivity contribution in [1.82, 2.24) is 24.0 Å². The van der Waals surface area contributed by atoms with Crippen LogP contribution in [-0.2, 0) is 24.3 Å². The number of aryl methyl sites for hydroxylation is 3. The first-order valence-electron chi connectivity index (χ1n) is 12.9. The average Bonchev–Trinajstić information content (AvgIpc) is 3.53. The highest BCUT2D eigenvalue weighted by Gasteiger charge is 2.32. The molecule has 1 N–H and O–H groups in total. The summed E-state index contributed by atoms with van der Waals surface area (Å²) in [7, 11) is 0. The van der Waals surface area contributed by atoms with Gasteiger partial charge < -0.3 is 9.47 Å². The summed E-state index contributed by atoms with van der Waals surface area (Å²) in [5, 5.41) is 0. The van der Waals surface area contributed by atoms with Crippen LogP contribution in [0.25, 0.3) is 11.2 Å². The summed E-state index contributed by atoms with van der Waals surface area (Å²) in [5.41, 5.74) is 0.120. The van der Waals surface area contributed by atoms with Crippen LogP contribution in [0.1, 0.15) is 91.3 Å². The predicted octanol–water partition coefficient (Wildman–Crippen LogP) is 3.85. The summed E-state index contributed by atoms with van der Waals surface area (Å²) in [6.07, 6.45) is 8.89. The van der Waals surface area contributed by atoms with Crippen LogP contribution >= 0.6 is 0 Å². The lowest BCUT2D eigenvalue weighted by atomic mass is 10.1. The Balaban J connectivity index is 1.89. The van der Waals surface area contributed by atoms with E-state index in [1.165, 1.54) is 0 Å². The van der Waals surface area contributed by atoms with Gasteiger partial charge in [0.05, 0.1) is 0 Å². The minimum atomic E-state index is -0.407. The monoisotopic (exact) mass is 459 g/mol. The first-order valence-corrected chi connectivity index (χ1v) is 12.9. The number of fused-ring (bicyclic) bond motifs is 1. The summed E-state index contributed by atoms with van der Waals surface area (Å²) in [6, 6.07) is 0.390. The molecule has 1 aliphatic rings. The second-order valence-electron chi connectivity index (χ2n) is 9.82. The van der Waals surface area contributed by atoms with Gasteiger partial charge in [-0.2, -0.15) is 0 Å². The topological polar surface area (TPSA) is 93.0 Å².